The van der Waals surface area contributed by atoms with Crippen molar-refractivity contribution in [3.8, 4) is 23.0 Å². The second-order valence-corrected chi connectivity index (χ2v) is 15.2. The maximum Gasteiger partial charge on any atom is 0.127 e. The highest BCUT2D eigenvalue weighted by atomic mass is 16.5. The summed E-state index contributed by atoms with van der Waals surface area (Å²) < 4.78 is 19.9. The molecule has 2 aromatic carbocycles. The van der Waals surface area contributed by atoms with Gasteiger partial charge in [0, 0.05) is 23.0 Å². The van der Waals surface area contributed by atoms with Crippen molar-refractivity contribution in [2.75, 3.05) is 13.2 Å². The van der Waals surface area contributed by atoms with Gasteiger partial charge in [0.05, 0.1) is 0 Å². The van der Waals surface area contributed by atoms with E-state index in [1.165, 1.54) is 53.5 Å². The van der Waals surface area contributed by atoms with Crippen molar-refractivity contribution in [3.63, 3.8) is 0 Å². The molecule has 264 valence electrons. The maximum absolute atomic E-state index is 11.2. The van der Waals surface area contributed by atoms with Crippen LogP contribution in [0.15, 0.2) is 59.2 Å². The third-order valence-corrected chi connectivity index (χ3v) is 10.2. The summed E-state index contributed by atoms with van der Waals surface area (Å²) in [4.78, 5) is 0. The Labute approximate surface area is 292 Å². The molecule has 1 aliphatic heterocycles. The Hall–Kier alpha value is -3.14. The predicted octanol–water partition coefficient (Wildman–Crippen LogP) is 12.2. The lowest BCUT2D eigenvalue weighted by molar-refractivity contribution is 0.0103. The molecule has 0 fully saturated rings. The van der Waals surface area contributed by atoms with Gasteiger partial charge in [-0.05, 0) is 135 Å². The summed E-state index contributed by atoms with van der Waals surface area (Å²) in [6, 6.07) is 8.62. The summed E-state index contributed by atoms with van der Waals surface area (Å²) in [6.07, 6.45) is 20.9. The Morgan fingerprint density at radius 1 is 0.896 bits per heavy atom. The lowest BCUT2D eigenvalue weighted by Gasteiger charge is -2.46. The average molecular weight is 657 g/mol. The first-order valence-electron chi connectivity index (χ1n) is 18.9. The predicted molar refractivity (Wildman–Crippen MR) is 202 cm³/mol. The highest BCUT2D eigenvalue weighted by molar-refractivity contribution is 5.55. The molecule has 4 rings (SSSR count). The molecule has 0 spiro atoms. The van der Waals surface area contributed by atoms with Crippen molar-refractivity contribution in [1.29, 1.82) is 0 Å². The molecule has 0 saturated carbocycles. The number of phenols is 1. The molecule has 1 N–H and O–H groups in total. The Kier molecular flexibility index (Phi) is 14.1. The summed E-state index contributed by atoms with van der Waals surface area (Å²) in [5.74, 6) is 3.71. The second-order valence-electron chi connectivity index (χ2n) is 15.2. The van der Waals surface area contributed by atoms with Crippen LogP contribution in [0.3, 0.4) is 0 Å². The maximum atomic E-state index is 11.2. The van der Waals surface area contributed by atoms with Crippen molar-refractivity contribution >= 4 is 0 Å². The lowest BCUT2D eigenvalue weighted by Crippen LogP contribution is -2.45. The van der Waals surface area contributed by atoms with Gasteiger partial charge < -0.3 is 19.3 Å². The molecule has 4 nitrogen and oxygen atoms in total. The molecular weight excluding hydrogens is 592 g/mol. The van der Waals surface area contributed by atoms with Gasteiger partial charge in [0.2, 0.25) is 0 Å². The number of aromatic hydroxyl groups is 1. The standard InChI is InChI=1S/C44H64O4/c1-9-11-13-18-34-27-39(45)36(22-20-32(5)17-15-16-31(3)4)40(28-34)46-24-25-47-41-29-35(19-14-12-10-2)30-42-43(41)37-26-33(6)21-23-38(37)44(7,8)48-42/h16,20,26-30,37-38,45H,9-15,17-19,21-25H2,1-8H3/b32-20+/t37-,38-/m1/s1. The number of ether oxygens (including phenoxy) is 3. The number of hydrogen-bond donors (Lipinski definition) is 1. The Morgan fingerprint density at radius 3 is 2.21 bits per heavy atom. The fourth-order valence-corrected chi connectivity index (χ4v) is 7.42. The number of benzene rings is 2. The van der Waals surface area contributed by atoms with Gasteiger partial charge in [0.15, 0.2) is 0 Å². The number of hydrogen-bond acceptors (Lipinski definition) is 4. The fourth-order valence-electron chi connectivity index (χ4n) is 7.42. The van der Waals surface area contributed by atoms with Crippen molar-refractivity contribution in [3.05, 3.63) is 81.5 Å². The van der Waals surface area contributed by atoms with Crippen LogP contribution in [-0.2, 0) is 19.3 Å². The SMILES string of the molecule is CCCCCc1cc(O)c(C/C=C(\C)CCC=C(C)C)c(OCCOc2cc(CCCCC)cc3c2[C@@H]2C=C(C)CC[C@H]2C(C)(C)O3)c1. The number of rotatable bonds is 18. The van der Waals surface area contributed by atoms with E-state index in [1.807, 2.05) is 6.07 Å². The van der Waals surface area contributed by atoms with Crippen LogP contribution in [0.4, 0.5) is 0 Å². The van der Waals surface area contributed by atoms with Gasteiger partial charge in [0.25, 0.3) is 0 Å². The molecule has 0 bridgehead atoms. The molecule has 2 aromatic rings. The number of phenolic OH excluding ortho intramolecular Hbond substituents is 1. The Morgan fingerprint density at radius 2 is 1.54 bits per heavy atom. The summed E-state index contributed by atoms with van der Waals surface area (Å²) in [7, 11) is 0. The minimum Gasteiger partial charge on any atom is -0.508 e. The molecule has 0 unspecified atom stereocenters. The van der Waals surface area contributed by atoms with E-state index in [0.29, 0.717) is 31.3 Å². The van der Waals surface area contributed by atoms with E-state index in [1.54, 1.807) is 0 Å². The van der Waals surface area contributed by atoms with Crippen LogP contribution in [0.1, 0.15) is 148 Å². The van der Waals surface area contributed by atoms with E-state index in [9.17, 15) is 5.11 Å². The third kappa shape index (κ3) is 10.4. The van der Waals surface area contributed by atoms with Crippen LogP contribution >= 0.6 is 0 Å². The highest BCUT2D eigenvalue weighted by Crippen LogP contribution is 2.53. The largest absolute Gasteiger partial charge is 0.508 e. The number of unbranched alkanes of at least 4 members (excludes halogenated alkanes) is 4. The van der Waals surface area contributed by atoms with Crippen LogP contribution in [-0.4, -0.2) is 23.9 Å². The summed E-state index contributed by atoms with van der Waals surface area (Å²) >= 11 is 0. The molecule has 1 aliphatic carbocycles. The van der Waals surface area contributed by atoms with Gasteiger partial charge >= 0.3 is 0 Å². The van der Waals surface area contributed by atoms with E-state index < -0.39 is 0 Å². The molecule has 0 aromatic heterocycles. The van der Waals surface area contributed by atoms with Crippen LogP contribution in [0.5, 0.6) is 23.0 Å². The average Bonchev–Trinajstić information content (AvgIpc) is 3.02. The zero-order valence-electron chi connectivity index (χ0n) is 31.5. The van der Waals surface area contributed by atoms with E-state index in [-0.39, 0.29) is 11.5 Å². The van der Waals surface area contributed by atoms with Crippen LogP contribution in [0.25, 0.3) is 0 Å². The van der Waals surface area contributed by atoms with E-state index in [0.717, 1.165) is 79.7 Å². The molecular formula is C44H64O4. The summed E-state index contributed by atoms with van der Waals surface area (Å²) in [5, 5.41) is 11.2. The molecule has 1 heterocycles. The van der Waals surface area contributed by atoms with E-state index >= 15 is 0 Å². The van der Waals surface area contributed by atoms with Gasteiger partial charge in [0.1, 0.15) is 41.8 Å². The lowest BCUT2D eigenvalue weighted by atomic mass is 9.68. The minimum absolute atomic E-state index is 0.226. The fraction of sp³-hybridized carbons (Fsp3) is 0.591. The molecule has 2 aliphatic rings. The molecule has 4 heteroatoms. The first-order chi connectivity index (χ1) is 23.0. The molecule has 0 radical (unpaired) electrons. The van der Waals surface area contributed by atoms with Gasteiger partial charge in [-0.1, -0.05) is 74.5 Å². The van der Waals surface area contributed by atoms with E-state index in [4.69, 9.17) is 14.2 Å². The summed E-state index contributed by atoms with van der Waals surface area (Å²) in [5.41, 5.74) is 8.36. The van der Waals surface area contributed by atoms with Gasteiger partial charge in [-0.3, -0.25) is 0 Å². The minimum atomic E-state index is -0.226. The summed E-state index contributed by atoms with van der Waals surface area (Å²) in [6.45, 7) is 18.5. The van der Waals surface area contributed by atoms with E-state index in [2.05, 4.69) is 91.8 Å². The second kappa shape index (κ2) is 18.0. The number of aryl methyl sites for hydroxylation is 2. The third-order valence-electron chi connectivity index (χ3n) is 10.2. The first kappa shape index (κ1) is 37.7. The van der Waals surface area contributed by atoms with Crippen LogP contribution in [0, 0.1) is 5.92 Å². The monoisotopic (exact) mass is 656 g/mol. The molecule has 0 amide bonds. The Balaban J connectivity index is 1.55. The zero-order chi connectivity index (χ0) is 34.7. The molecule has 48 heavy (non-hydrogen) atoms. The van der Waals surface area contributed by atoms with Crippen LogP contribution < -0.4 is 14.2 Å². The quantitative estimate of drug-likeness (QED) is 0.128. The number of fused-ring (bicyclic) bond motifs is 3. The Bertz CT molecular complexity index is 1440. The number of allylic oxidation sites excluding steroid dienone is 6. The van der Waals surface area contributed by atoms with Crippen LogP contribution in [0.2, 0.25) is 0 Å². The normalized spacial score (nSPS) is 18.3. The van der Waals surface area contributed by atoms with Crippen molar-refractivity contribution in [2.45, 2.75) is 150 Å². The molecule has 2 atom stereocenters. The van der Waals surface area contributed by atoms with Crippen molar-refractivity contribution < 1.29 is 19.3 Å². The topological polar surface area (TPSA) is 47.9 Å². The highest BCUT2D eigenvalue weighted by Gasteiger charge is 2.45. The zero-order valence-corrected chi connectivity index (χ0v) is 31.5. The van der Waals surface area contributed by atoms with Crippen molar-refractivity contribution in [1.82, 2.24) is 0 Å². The van der Waals surface area contributed by atoms with Gasteiger partial charge in [-0.15, -0.1) is 0 Å². The van der Waals surface area contributed by atoms with Crippen molar-refractivity contribution in [2.24, 2.45) is 5.92 Å². The van der Waals surface area contributed by atoms with Gasteiger partial charge in [-0.2, -0.15) is 0 Å². The molecule has 0 saturated heterocycles. The first-order valence-corrected chi connectivity index (χ1v) is 18.9. The smallest absolute Gasteiger partial charge is 0.127 e. The van der Waals surface area contributed by atoms with Gasteiger partial charge in [-0.25, -0.2) is 0 Å².